The Morgan fingerprint density at radius 2 is 1.85 bits per heavy atom. The minimum atomic E-state index is 0.515. The number of furan rings is 1. The van der Waals surface area contributed by atoms with Crippen LogP contribution in [-0.2, 0) is 22.6 Å². The van der Waals surface area contributed by atoms with Gasteiger partial charge in [0.15, 0.2) is 0 Å². The van der Waals surface area contributed by atoms with E-state index in [-0.39, 0.29) is 0 Å². The number of hydrogen-bond donors (Lipinski definition) is 1. The first-order chi connectivity index (χ1) is 9.72. The second-order valence-corrected chi connectivity index (χ2v) is 5.41. The van der Waals surface area contributed by atoms with Crippen molar-refractivity contribution in [1.82, 2.24) is 5.32 Å². The molecule has 1 aromatic heterocycles. The molecule has 0 saturated heterocycles. The standard InChI is InChI=1S/C16H29NO3/c1-4-5-8-18-9-10-19-13-16-7-6-15(20-16)12-17-11-14(2)3/h6-7,14,17H,4-5,8-13H2,1-3H3. The Morgan fingerprint density at radius 3 is 2.60 bits per heavy atom. The molecule has 0 fully saturated rings. The summed E-state index contributed by atoms with van der Waals surface area (Å²) >= 11 is 0. The smallest absolute Gasteiger partial charge is 0.129 e. The van der Waals surface area contributed by atoms with Gasteiger partial charge in [0.05, 0.1) is 19.8 Å². The Morgan fingerprint density at radius 1 is 1.10 bits per heavy atom. The molecule has 4 nitrogen and oxygen atoms in total. The van der Waals surface area contributed by atoms with E-state index in [2.05, 4.69) is 26.1 Å². The van der Waals surface area contributed by atoms with Gasteiger partial charge in [-0.1, -0.05) is 27.2 Å². The third-order valence-corrected chi connectivity index (χ3v) is 2.83. The van der Waals surface area contributed by atoms with Crippen LogP contribution in [0.5, 0.6) is 0 Å². The lowest BCUT2D eigenvalue weighted by atomic mass is 10.2. The Balaban J connectivity index is 2.05. The van der Waals surface area contributed by atoms with Gasteiger partial charge in [-0.15, -0.1) is 0 Å². The van der Waals surface area contributed by atoms with Gasteiger partial charge in [0, 0.05) is 6.61 Å². The topological polar surface area (TPSA) is 43.6 Å². The monoisotopic (exact) mass is 283 g/mol. The number of unbranched alkanes of at least 4 members (excludes halogenated alkanes) is 1. The van der Waals surface area contributed by atoms with E-state index in [4.69, 9.17) is 13.9 Å². The molecule has 0 aliphatic rings. The molecule has 0 amide bonds. The summed E-state index contributed by atoms with van der Waals surface area (Å²) in [5, 5.41) is 3.36. The Kier molecular flexibility index (Phi) is 9.37. The summed E-state index contributed by atoms with van der Waals surface area (Å²) in [6.45, 7) is 10.9. The van der Waals surface area contributed by atoms with Gasteiger partial charge in [0.1, 0.15) is 18.1 Å². The summed E-state index contributed by atoms with van der Waals surface area (Å²) in [5.74, 6) is 2.49. The van der Waals surface area contributed by atoms with Crippen LogP contribution in [0.2, 0.25) is 0 Å². The zero-order valence-corrected chi connectivity index (χ0v) is 13.1. The van der Waals surface area contributed by atoms with Crippen LogP contribution in [0.3, 0.4) is 0 Å². The highest BCUT2D eigenvalue weighted by molar-refractivity contribution is 5.06. The lowest BCUT2D eigenvalue weighted by molar-refractivity contribution is 0.0336. The van der Waals surface area contributed by atoms with Crippen LogP contribution in [0, 0.1) is 5.92 Å². The van der Waals surface area contributed by atoms with Gasteiger partial charge in [0.2, 0.25) is 0 Å². The molecule has 1 rings (SSSR count). The second-order valence-electron chi connectivity index (χ2n) is 5.41. The summed E-state index contributed by atoms with van der Waals surface area (Å²) in [7, 11) is 0. The van der Waals surface area contributed by atoms with E-state index in [9.17, 15) is 0 Å². The van der Waals surface area contributed by atoms with Crippen molar-refractivity contribution < 1.29 is 13.9 Å². The van der Waals surface area contributed by atoms with Crippen molar-refractivity contribution in [2.45, 2.75) is 46.8 Å². The summed E-state index contributed by atoms with van der Waals surface area (Å²) in [4.78, 5) is 0. The fraction of sp³-hybridized carbons (Fsp3) is 0.750. The van der Waals surface area contributed by atoms with Crippen LogP contribution >= 0.6 is 0 Å². The van der Waals surface area contributed by atoms with Crippen molar-refractivity contribution in [3.8, 4) is 0 Å². The van der Waals surface area contributed by atoms with Crippen molar-refractivity contribution in [2.24, 2.45) is 5.92 Å². The minimum Gasteiger partial charge on any atom is -0.462 e. The van der Waals surface area contributed by atoms with E-state index in [1.54, 1.807) is 0 Å². The summed E-state index contributed by atoms with van der Waals surface area (Å²) in [6, 6.07) is 3.98. The van der Waals surface area contributed by atoms with Crippen molar-refractivity contribution in [3.05, 3.63) is 23.7 Å². The molecule has 0 saturated carbocycles. The van der Waals surface area contributed by atoms with Crippen LogP contribution in [0.1, 0.15) is 45.1 Å². The average Bonchev–Trinajstić information content (AvgIpc) is 2.85. The molecule has 0 radical (unpaired) electrons. The normalized spacial score (nSPS) is 11.4. The molecule has 4 heteroatoms. The van der Waals surface area contributed by atoms with E-state index in [1.165, 1.54) is 6.42 Å². The van der Waals surface area contributed by atoms with Gasteiger partial charge in [0.25, 0.3) is 0 Å². The third-order valence-electron chi connectivity index (χ3n) is 2.83. The predicted molar refractivity (Wildman–Crippen MR) is 80.6 cm³/mol. The van der Waals surface area contributed by atoms with Gasteiger partial charge in [-0.05, 0) is 31.0 Å². The van der Waals surface area contributed by atoms with Crippen molar-refractivity contribution >= 4 is 0 Å². The molecule has 0 bridgehead atoms. The van der Waals surface area contributed by atoms with Crippen molar-refractivity contribution in [2.75, 3.05) is 26.4 Å². The maximum atomic E-state index is 5.68. The minimum absolute atomic E-state index is 0.515. The molecule has 1 aromatic rings. The van der Waals surface area contributed by atoms with Crippen LogP contribution < -0.4 is 5.32 Å². The lowest BCUT2D eigenvalue weighted by Gasteiger charge is -2.05. The van der Waals surface area contributed by atoms with Gasteiger partial charge in [-0.3, -0.25) is 0 Å². The van der Waals surface area contributed by atoms with Crippen LogP contribution in [-0.4, -0.2) is 26.4 Å². The van der Waals surface area contributed by atoms with Crippen LogP contribution in [0.25, 0.3) is 0 Å². The van der Waals surface area contributed by atoms with E-state index in [0.29, 0.717) is 25.7 Å². The number of hydrogen-bond acceptors (Lipinski definition) is 4. The number of ether oxygens (including phenoxy) is 2. The molecule has 0 aliphatic carbocycles. The molecule has 0 atom stereocenters. The van der Waals surface area contributed by atoms with E-state index in [0.717, 1.165) is 37.6 Å². The first kappa shape index (κ1) is 17.2. The maximum Gasteiger partial charge on any atom is 0.129 e. The summed E-state index contributed by atoms with van der Waals surface area (Å²) in [5.41, 5.74) is 0. The summed E-state index contributed by atoms with van der Waals surface area (Å²) < 4.78 is 16.6. The molecule has 1 N–H and O–H groups in total. The second kappa shape index (κ2) is 10.9. The Bertz CT molecular complexity index is 336. The van der Waals surface area contributed by atoms with Crippen molar-refractivity contribution in [1.29, 1.82) is 0 Å². The predicted octanol–water partition coefficient (Wildman–Crippen LogP) is 3.36. The zero-order chi connectivity index (χ0) is 14.6. The Labute approximate surface area is 122 Å². The molecule has 0 aromatic carbocycles. The Hall–Kier alpha value is -0.840. The third kappa shape index (κ3) is 8.35. The number of nitrogens with one attached hydrogen (secondary N) is 1. The molecule has 1 heterocycles. The van der Waals surface area contributed by atoms with Crippen LogP contribution in [0.4, 0.5) is 0 Å². The fourth-order valence-corrected chi connectivity index (χ4v) is 1.72. The van der Waals surface area contributed by atoms with Crippen LogP contribution in [0.15, 0.2) is 16.5 Å². The fourth-order valence-electron chi connectivity index (χ4n) is 1.72. The van der Waals surface area contributed by atoms with Gasteiger partial charge in [-0.2, -0.15) is 0 Å². The zero-order valence-electron chi connectivity index (χ0n) is 13.1. The highest BCUT2D eigenvalue weighted by Crippen LogP contribution is 2.09. The van der Waals surface area contributed by atoms with Crippen molar-refractivity contribution in [3.63, 3.8) is 0 Å². The SMILES string of the molecule is CCCCOCCOCc1ccc(CNCC(C)C)o1. The first-order valence-electron chi connectivity index (χ1n) is 7.66. The molecular formula is C16H29NO3. The molecule has 0 unspecified atom stereocenters. The highest BCUT2D eigenvalue weighted by Gasteiger charge is 2.02. The average molecular weight is 283 g/mol. The molecule has 116 valence electrons. The van der Waals surface area contributed by atoms with E-state index in [1.807, 2.05) is 12.1 Å². The van der Waals surface area contributed by atoms with Gasteiger partial charge >= 0.3 is 0 Å². The maximum absolute atomic E-state index is 5.68. The van der Waals surface area contributed by atoms with Gasteiger partial charge < -0.3 is 19.2 Å². The molecule has 0 spiro atoms. The summed E-state index contributed by atoms with van der Waals surface area (Å²) in [6.07, 6.45) is 2.28. The largest absolute Gasteiger partial charge is 0.462 e. The molecule has 20 heavy (non-hydrogen) atoms. The molecular weight excluding hydrogens is 254 g/mol. The lowest BCUT2D eigenvalue weighted by Crippen LogP contribution is -2.18. The first-order valence-corrected chi connectivity index (χ1v) is 7.66. The molecule has 0 aliphatic heterocycles. The van der Waals surface area contributed by atoms with E-state index >= 15 is 0 Å². The number of rotatable bonds is 12. The quantitative estimate of drug-likeness (QED) is 0.597. The van der Waals surface area contributed by atoms with E-state index < -0.39 is 0 Å². The highest BCUT2D eigenvalue weighted by atomic mass is 16.5. The van der Waals surface area contributed by atoms with Gasteiger partial charge in [-0.25, -0.2) is 0 Å².